The molecule has 0 spiro atoms. The molecule has 1 N–H and O–H groups in total. The van der Waals surface area contributed by atoms with Gasteiger partial charge in [-0.25, -0.2) is 4.98 Å². The SMILES string of the molecule is CC1CC(O)(Cc2nc(-c3ccccc3)cs2)CN1C. The summed E-state index contributed by atoms with van der Waals surface area (Å²) in [6.45, 7) is 2.89. The number of thiazole rings is 1. The molecular weight excluding hydrogens is 268 g/mol. The van der Waals surface area contributed by atoms with Crippen LogP contribution >= 0.6 is 11.3 Å². The smallest absolute Gasteiger partial charge is 0.0961 e. The van der Waals surface area contributed by atoms with E-state index >= 15 is 0 Å². The third-order valence-corrected chi connectivity index (χ3v) is 4.92. The van der Waals surface area contributed by atoms with E-state index in [0.717, 1.165) is 29.2 Å². The first-order valence-corrected chi connectivity index (χ1v) is 7.86. The van der Waals surface area contributed by atoms with Crippen molar-refractivity contribution in [2.45, 2.75) is 31.4 Å². The van der Waals surface area contributed by atoms with E-state index in [1.165, 1.54) is 0 Å². The Kier molecular flexibility index (Phi) is 3.63. The minimum Gasteiger partial charge on any atom is -0.388 e. The van der Waals surface area contributed by atoms with Crippen molar-refractivity contribution in [3.63, 3.8) is 0 Å². The minimum absolute atomic E-state index is 0.438. The van der Waals surface area contributed by atoms with Gasteiger partial charge in [0.15, 0.2) is 0 Å². The van der Waals surface area contributed by atoms with Crippen LogP contribution in [0.5, 0.6) is 0 Å². The molecule has 1 saturated heterocycles. The molecule has 0 saturated carbocycles. The lowest BCUT2D eigenvalue weighted by atomic mass is 9.97. The molecule has 2 heterocycles. The van der Waals surface area contributed by atoms with Crippen molar-refractivity contribution in [3.05, 3.63) is 40.7 Å². The van der Waals surface area contributed by atoms with E-state index in [0.29, 0.717) is 12.5 Å². The van der Waals surface area contributed by atoms with Crippen LogP contribution in [0.3, 0.4) is 0 Å². The molecule has 3 rings (SSSR count). The number of hydrogen-bond acceptors (Lipinski definition) is 4. The summed E-state index contributed by atoms with van der Waals surface area (Å²) < 4.78 is 0. The third kappa shape index (κ3) is 2.77. The normalized spacial score (nSPS) is 27.1. The van der Waals surface area contributed by atoms with Crippen molar-refractivity contribution in [3.8, 4) is 11.3 Å². The molecule has 2 atom stereocenters. The number of aromatic nitrogens is 1. The monoisotopic (exact) mass is 288 g/mol. The molecule has 106 valence electrons. The van der Waals surface area contributed by atoms with E-state index in [-0.39, 0.29) is 0 Å². The number of rotatable bonds is 3. The van der Waals surface area contributed by atoms with Gasteiger partial charge in [0.2, 0.25) is 0 Å². The quantitative estimate of drug-likeness (QED) is 0.943. The van der Waals surface area contributed by atoms with Crippen LogP contribution in [0.4, 0.5) is 0 Å². The summed E-state index contributed by atoms with van der Waals surface area (Å²) in [4.78, 5) is 6.89. The lowest BCUT2D eigenvalue weighted by molar-refractivity contribution is 0.0520. The summed E-state index contributed by atoms with van der Waals surface area (Å²) in [6, 6.07) is 10.6. The number of aliphatic hydroxyl groups is 1. The van der Waals surface area contributed by atoms with Crippen molar-refractivity contribution in [1.29, 1.82) is 0 Å². The lowest BCUT2D eigenvalue weighted by Gasteiger charge is -2.20. The number of nitrogens with zero attached hydrogens (tertiary/aromatic N) is 2. The molecule has 2 unspecified atom stereocenters. The van der Waals surface area contributed by atoms with Gasteiger partial charge >= 0.3 is 0 Å². The van der Waals surface area contributed by atoms with Crippen LogP contribution in [0.15, 0.2) is 35.7 Å². The highest BCUT2D eigenvalue weighted by Gasteiger charge is 2.39. The molecular formula is C16H20N2OS. The predicted octanol–water partition coefficient (Wildman–Crippen LogP) is 2.81. The van der Waals surface area contributed by atoms with Crippen LogP contribution in [0.25, 0.3) is 11.3 Å². The average Bonchev–Trinajstić information content (AvgIpc) is 2.96. The van der Waals surface area contributed by atoms with Gasteiger partial charge in [0, 0.05) is 30.0 Å². The Morgan fingerprint density at radius 3 is 2.80 bits per heavy atom. The molecule has 1 aromatic heterocycles. The molecule has 1 fully saturated rings. The molecule has 0 radical (unpaired) electrons. The topological polar surface area (TPSA) is 36.4 Å². The molecule has 0 aliphatic carbocycles. The van der Waals surface area contributed by atoms with Crippen molar-refractivity contribution in [2.24, 2.45) is 0 Å². The molecule has 1 aliphatic rings. The van der Waals surface area contributed by atoms with Crippen LogP contribution in [0.2, 0.25) is 0 Å². The van der Waals surface area contributed by atoms with Gasteiger partial charge in [0.1, 0.15) is 0 Å². The van der Waals surface area contributed by atoms with Gasteiger partial charge in [-0.15, -0.1) is 11.3 Å². The largest absolute Gasteiger partial charge is 0.388 e. The maximum Gasteiger partial charge on any atom is 0.0961 e. The molecule has 4 heteroatoms. The van der Waals surface area contributed by atoms with E-state index in [9.17, 15) is 5.11 Å². The Bertz CT molecular complexity index is 571. The Hall–Kier alpha value is -1.23. The van der Waals surface area contributed by atoms with Crippen LogP contribution in [0.1, 0.15) is 18.4 Å². The summed E-state index contributed by atoms with van der Waals surface area (Å²) >= 11 is 1.64. The fourth-order valence-corrected chi connectivity index (χ4v) is 3.87. The van der Waals surface area contributed by atoms with Crippen molar-refractivity contribution >= 4 is 11.3 Å². The summed E-state index contributed by atoms with van der Waals surface area (Å²) in [5.74, 6) is 0. The zero-order valence-electron chi connectivity index (χ0n) is 11.9. The molecule has 1 aliphatic heterocycles. The van der Waals surface area contributed by atoms with E-state index in [4.69, 9.17) is 0 Å². The maximum absolute atomic E-state index is 10.7. The van der Waals surface area contributed by atoms with Gasteiger partial charge in [-0.05, 0) is 20.4 Å². The summed E-state index contributed by atoms with van der Waals surface area (Å²) in [7, 11) is 2.07. The number of β-amino-alcohol motifs (C(OH)–C–C–N with tert-alkyl or cyclic N) is 1. The predicted molar refractivity (Wildman–Crippen MR) is 82.9 cm³/mol. The maximum atomic E-state index is 10.7. The van der Waals surface area contributed by atoms with Gasteiger partial charge in [-0.1, -0.05) is 30.3 Å². The fourth-order valence-electron chi connectivity index (χ4n) is 2.93. The summed E-state index contributed by atoms with van der Waals surface area (Å²) in [6.07, 6.45) is 1.48. The molecule has 20 heavy (non-hydrogen) atoms. The highest BCUT2D eigenvalue weighted by atomic mass is 32.1. The number of benzene rings is 1. The van der Waals surface area contributed by atoms with E-state index < -0.39 is 5.60 Å². The Morgan fingerprint density at radius 2 is 2.15 bits per heavy atom. The summed E-state index contributed by atoms with van der Waals surface area (Å²) in [5, 5.41) is 13.8. The first-order chi connectivity index (χ1) is 9.56. The van der Waals surface area contributed by atoms with E-state index in [1.807, 2.05) is 18.2 Å². The highest BCUT2D eigenvalue weighted by Crippen LogP contribution is 2.31. The van der Waals surface area contributed by atoms with Crippen LogP contribution < -0.4 is 0 Å². The van der Waals surface area contributed by atoms with Crippen molar-refractivity contribution < 1.29 is 5.11 Å². The second kappa shape index (κ2) is 5.28. The number of hydrogen-bond donors (Lipinski definition) is 1. The molecule has 3 nitrogen and oxygen atoms in total. The lowest BCUT2D eigenvalue weighted by Crippen LogP contribution is -2.34. The second-order valence-corrected chi connectivity index (χ2v) is 6.80. The zero-order valence-corrected chi connectivity index (χ0v) is 12.7. The minimum atomic E-state index is -0.625. The van der Waals surface area contributed by atoms with Crippen LogP contribution in [-0.2, 0) is 6.42 Å². The number of likely N-dealkylation sites (N-methyl/N-ethyl adjacent to an activating group) is 1. The Morgan fingerprint density at radius 1 is 1.40 bits per heavy atom. The molecule has 0 amide bonds. The Labute approximate surface area is 123 Å². The van der Waals surface area contributed by atoms with E-state index in [2.05, 4.69) is 41.4 Å². The molecule has 2 aromatic rings. The first kappa shape index (κ1) is 13.7. The van der Waals surface area contributed by atoms with Crippen molar-refractivity contribution in [1.82, 2.24) is 9.88 Å². The summed E-state index contributed by atoms with van der Waals surface area (Å²) in [5.41, 5.74) is 1.52. The standard InChI is InChI=1S/C16H20N2OS/c1-12-8-16(19,11-18(12)2)9-15-17-14(10-20-15)13-6-4-3-5-7-13/h3-7,10,12,19H,8-9,11H2,1-2H3. The van der Waals surface area contributed by atoms with Gasteiger partial charge in [0.05, 0.1) is 16.3 Å². The highest BCUT2D eigenvalue weighted by molar-refractivity contribution is 7.09. The molecule has 0 bridgehead atoms. The fraction of sp³-hybridized carbons (Fsp3) is 0.438. The van der Waals surface area contributed by atoms with Gasteiger partial charge in [0.25, 0.3) is 0 Å². The van der Waals surface area contributed by atoms with Gasteiger partial charge < -0.3 is 10.0 Å². The van der Waals surface area contributed by atoms with Crippen molar-refractivity contribution in [2.75, 3.05) is 13.6 Å². The Balaban J connectivity index is 1.75. The average molecular weight is 288 g/mol. The number of likely N-dealkylation sites (tertiary alicyclic amines) is 1. The second-order valence-electron chi connectivity index (χ2n) is 5.86. The first-order valence-electron chi connectivity index (χ1n) is 6.98. The third-order valence-electron chi connectivity index (χ3n) is 4.07. The van der Waals surface area contributed by atoms with Crippen LogP contribution in [0, 0.1) is 0 Å². The molecule has 1 aromatic carbocycles. The van der Waals surface area contributed by atoms with Gasteiger partial charge in [-0.2, -0.15) is 0 Å². The van der Waals surface area contributed by atoms with E-state index in [1.54, 1.807) is 11.3 Å². The van der Waals surface area contributed by atoms with Gasteiger partial charge in [-0.3, -0.25) is 0 Å². The van der Waals surface area contributed by atoms with Crippen LogP contribution in [-0.4, -0.2) is 40.2 Å². The zero-order chi connectivity index (χ0) is 14.2.